The van der Waals surface area contributed by atoms with Crippen molar-refractivity contribution in [2.24, 2.45) is 0 Å². The molecule has 0 amide bonds. The average molecular weight is 269 g/mol. The van der Waals surface area contributed by atoms with Gasteiger partial charge in [-0.2, -0.15) is 0 Å². The third-order valence-electron chi connectivity index (χ3n) is 3.46. The van der Waals surface area contributed by atoms with E-state index in [0.717, 1.165) is 24.9 Å². The van der Waals surface area contributed by atoms with Gasteiger partial charge in [-0.25, -0.2) is 0 Å². The number of aliphatic hydroxyl groups is 1. The van der Waals surface area contributed by atoms with Crippen LogP contribution in [-0.2, 0) is 6.42 Å². The van der Waals surface area contributed by atoms with E-state index in [0.29, 0.717) is 6.54 Å². The van der Waals surface area contributed by atoms with E-state index in [9.17, 15) is 5.11 Å². The van der Waals surface area contributed by atoms with E-state index in [-0.39, 0.29) is 0 Å². The minimum Gasteiger partial charge on any atom is -0.387 e. The molecule has 0 radical (unpaired) electrons. The molecule has 2 aromatic carbocycles. The summed E-state index contributed by atoms with van der Waals surface area (Å²) in [5.41, 5.74) is 3.65. The van der Waals surface area contributed by atoms with Crippen LogP contribution in [0.15, 0.2) is 54.6 Å². The van der Waals surface area contributed by atoms with Gasteiger partial charge in [-0.3, -0.25) is 0 Å². The molecule has 2 N–H and O–H groups in total. The van der Waals surface area contributed by atoms with Crippen molar-refractivity contribution < 1.29 is 5.11 Å². The van der Waals surface area contributed by atoms with E-state index in [1.165, 1.54) is 11.1 Å². The summed E-state index contributed by atoms with van der Waals surface area (Å²) >= 11 is 0. The molecule has 0 saturated carbocycles. The Labute approximate surface area is 121 Å². The Morgan fingerprint density at radius 3 is 2.40 bits per heavy atom. The maximum Gasteiger partial charge on any atom is 0.0914 e. The molecule has 2 heteroatoms. The smallest absolute Gasteiger partial charge is 0.0914 e. The lowest BCUT2D eigenvalue weighted by atomic mass is 10.1. The van der Waals surface area contributed by atoms with Crippen LogP contribution >= 0.6 is 0 Å². The largest absolute Gasteiger partial charge is 0.387 e. The molecule has 0 heterocycles. The predicted octanol–water partition coefficient (Wildman–Crippen LogP) is 3.25. The van der Waals surface area contributed by atoms with Crippen molar-refractivity contribution in [3.63, 3.8) is 0 Å². The first-order valence-electron chi connectivity index (χ1n) is 7.25. The van der Waals surface area contributed by atoms with Gasteiger partial charge in [0, 0.05) is 6.54 Å². The summed E-state index contributed by atoms with van der Waals surface area (Å²) < 4.78 is 0. The van der Waals surface area contributed by atoms with Crippen molar-refractivity contribution in [2.75, 3.05) is 13.1 Å². The number of aliphatic hydroxyl groups excluding tert-OH is 1. The Morgan fingerprint density at radius 1 is 1.00 bits per heavy atom. The van der Waals surface area contributed by atoms with Crippen molar-refractivity contribution in [3.8, 4) is 0 Å². The first-order valence-corrected chi connectivity index (χ1v) is 7.25. The number of aryl methyl sites for hydroxylation is 2. The van der Waals surface area contributed by atoms with E-state index in [2.05, 4.69) is 36.5 Å². The van der Waals surface area contributed by atoms with Crippen LogP contribution in [0, 0.1) is 6.92 Å². The highest BCUT2D eigenvalue weighted by Gasteiger charge is 2.05. The molecule has 106 valence electrons. The zero-order valence-corrected chi connectivity index (χ0v) is 12.0. The Morgan fingerprint density at radius 2 is 1.70 bits per heavy atom. The van der Waals surface area contributed by atoms with Crippen molar-refractivity contribution in [2.45, 2.75) is 25.9 Å². The molecule has 0 aromatic heterocycles. The van der Waals surface area contributed by atoms with Gasteiger partial charge in [-0.1, -0.05) is 60.2 Å². The van der Waals surface area contributed by atoms with Gasteiger partial charge in [-0.15, -0.1) is 0 Å². The second-order valence-corrected chi connectivity index (χ2v) is 5.22. The van der Waals surface area contributed by atoms with E-state index in [1.807, 2.05) is 30.3 Å². The summed E-state index contributed by atoms with van der Waals surface area (Å²) in [5.74, 6) is 0. The van der Waals surface area contributed by atoms with E-state index in [1.54, 1.807) is 0 Å². The molecular formula is C18H23NO. The summed E-state index contributed by atoms with van der Waals surface area (Å²) in [5, 5.41) is 13.3. The average Bonchev–Trinajstić information content (AvgIpc) is 2.49. The third-order valence-corrected chi connectivity index (χ3v) is 3.46. The summed E-state index contributed by atoms with van der Waals surface area (Å²) in [4.78, 5) is 0. The van der Waals surface area contributed by atoms with Crippen LogP contribution in [0.1, 0.15) is 29.2 Å². The first kappa shape index (κ1) is 14.8. The highest BCUT2D eigenvalue weighted by molar-refractivity contribution is 5.21. The van der Waals surface area contributed by atoms with Crippen LogP contribution in [0.2, 0.25) is 0 Å². The molecule has 2 rings (SSSR count). The van der Waals surface area contributed by atoms with Gasteiger partial charge in [0.1, 0.15) is 0 Å². The molecule has 20 heavy (non-hydrogen) atoms. The Kier molecular flexibility index (Phi) is 5.78. The van der Waals surface area contributed by atoms with Gasteiger partial charge in [0.25, 0.3) is 0 Å². The highest BCUT2D eigenvalue weighted by Crippen LogP contribution is 2.10. The molecule has 0 aliphatic rings. The summed E-state index contributed by atoms with van der Waals surface area (Å²) in [6.07, 6.45) is 1.75. The van der Waals surface area contributed by atoms with Crippen molar-refractivity contribution in [1.82, 2.24) is 5.32 Å². The molecule has 0 aliphatic carbocycles. The van der Waals surface area contributed by atoms with Crippen LogP contribution < -0.4 is 5.32 Å². The minimum atomic E-state index is -0.421. The molecule has 0 fully saturated rings. The van der Waals surface area contributed by atoms with Gasteiger partial charge >= 0.3 is 0 Å². The SMILES string of the molecule is Cc1ccc(CCCNCC(O)c2ccccc2)cc1. The fourth-order valence-corrected chi connectivity index (χ4v) is 2.20. The van der Waals surface area contributed by atoms with Gasteiger partial charge in [0.05, 0.1) is 6.10 Å². The Balaban J connectivity index is 1.63. The maximum atomic E-state index is 10.0. The lowest BCUT2D eigenvalue weighted by molar-refractivity contribution is 0.175. The van der Waals surface area contributed by atoms with Gasteiger partial charge < -0.3 is 10.4 Å². The molecule has 0 saturated heterocycles. The number of rotatable bonds is 7. The van der Waals surface area contributed by atoms with Crippen LogP contribution in [0.25, 0.3) is 0 Å². The molecule has 2 nitrogen and oxygen atoms in total. The fourth-order valence-electron chi connectivity index (χ4n) is 2.20. The van der Waals surface area contributed by atoms with Crippen LogP contribution in [-0.4, -0.2) is 18.2 Å². The van der Waals surface area contributed by atoms with Crippen molar-refractivity contribution in [1.29, 1.82) is 0 Å². The predicted molar refractivity (Wildman–Crippen MR) is 83.8 cm³/mol. The summed E-state index contributed by atoms with van der Waals surface area (Å²) in [6.45, 7) is 3.64. The second kappa shape index (κ2) is 7.83. The molecular weight excluding hydrogens is 246 g/mol. The third kappa shape index (κ3) is 4.80. The Bertz CT molecular complexity index is 493. The zero-order valence-electron chi connectivity index (χ0n) is 12.0. The van der Waals surface area contributed by atoms with Gasteiger partial charge in [-0.05, 0) is 37.4 Å². The maximum absolute atomic E-state index is 10.0. The topological polar surface area (TPSA) is 32.3 Å². The van der Waals surface area contributed by atoms with E-state index < -0.39 is 6.10 Å². The molecule has 1 atom stereocenters. The van der Waals surface area contributed by atoms with Crippen molar-refractivity contribution in [3.05, 3.63) is 71.3 Å². The monoisotopic (exact) mass is 269 g/mol. The number of hydrogen-bond donors (Lipinski definition) is 2. The number of nitrogens with one attached hydrogen (secondary N) is 1. The lowest BCUT2D eigenvalue weighted by Crippen LogP contribution is -2.22. The van der Waals surface area contributed by atoms with Crippen LogP contribution in [0.3, 0.4) is 0 Å². The molecule has 0 spiro atoms. The highest BCUT2D eigenvalue weighted by atomic mass is 16.3. The molecule has 0 bridgehead atoms. The van der Waals surface area contributed by atoms with Crippen LogP contribution in [0.5, 0.6) is 0 Å². The van der Waals surface area contributed by atoms with E-state index >= 15 is 0 Å². The minimum absolute atomic E-state index is 0.421. The van der Waals surface area contributed by atoms with Crippen LogP contribution in [0.4, 0.5) is 0 Å². The Hall–Kier alpha value is -1.64. The summed E-state index contributed by atoms with van der Waals surface area (Å²) in [6, 6.07) is 18.5. The summed E-state index contributed by atoms with van der Waals surface area (Å²) in [7, 11) is 0. The molecule has 2 aromatic rings. The van der Waals surface area contributed by atoms with Gasteiger partial charge in [0.2, 0.25) is 0 Å². The first-order chi connectivity index (χ1) is 9.75. The lowest BCUT2D eigenvalue weighted by Gasteiger charge is -2.12. The fraction of sp³-hybridized carbons (Fsp3) is 0.333. The zero-order chi connectivity index (χ0) is 14.2. The van der Waals surface area contributed by atoms with E-state index in [4.69, 9.17) is 0 Å². The quantitative estimate of drug-likeness (QED) is 0.756. The standard InChI is InChI=1S/C18H23NO/c1-15-9-11-16(12-10-15)6-5-13-19-14-18(20)17-7-3-2-4-8-17/h2-4,7-12,18-20H,5-6,13-14H2,1H3. The molecule has 1 unspecified atom stereocenters. The number of benzene rings is 2. The van der Waals surface area contributed by atoms with Crippen molar-refractivity contribution >= 4 is 0 Å². The normalized spacial score (nSPS) is 12.3. The number of hydrogen-bond acceptors (Lipinski definition) is 2. The second-order valence-electron chi connectivity index (χ2n) is 5.22. The van der Waals surface area contributed by atoms with Gasteiger partial charge in [0.15, 0.2) is 0 Å². The molecule has 0 aliphatic heterocycles.